The van der Waals surface area contributed by atoms with Crippen LogP contribution < -0.4 is 0 Å². The van der Waals surface area contributed by atoms with Crippen LogP contribution in [0.5, 0.6) is 0 Å². The van der Waals surface area contributed by atoms with E-state index in [9.17, 15) is 9.90 Å². The largest absolute Gasteiger partial charge is 0.481 e. The van der Waals surface area contributed by atoms with E-state index in [0.29, 0.717) is 5.02 Å². The minimum absolute atomic E-state index is 0.683. The Morgan fingerprint density at radius 2 is 1.75 bits per heavy atom. The Morgan fingerprint density at radius 1 is 1.20 bits per heavy atom. The molecule has 0 amide bonds. The predicted octanol–water partition coefficient (Wildman–Crippen LogP) is 4.11. The molecular formula is C16H18ClNO2. The second-order valence-electron chi connectivity index (χ2n) is 5.53. The quantitative estimate of drug-likeness (QED) is 0.924. The average molecular weight is 292 g/mol. The van der Waals surface area contributed by atoms with E-state index >= 15 is 0 Å². The van der Waals surface area contributed by atoms with E-state index in [1.54, 1.807) is 13.8 Å². The Hall–Kier alpha value is -1.74. The van der Waals surface area contributed by atoms with Crippen molar-refractivity contribution >= 4 is 17.6 Å². The summed E-state index contributed by atoms with van der Waals surface area (Å²) in [6, 6.07) is 9.47. The fourth-order valence-corrected chi connectivity index (χ4v) is 2.62. The van der Waals surface area contributed by atoms with Crippen molar-refractivity contribution < 1.29 is 9.90 Å². The number of aliphatic carboxylic acids is 1. The number of rotatable bonds is 3. The summed E-state index contributed by atoms with van der Waals surface area (Å²) in [5.74, 6) is -0.825. The van der Waals surface area contributed by atoms with Crippen LogP contribution in [0.4, 0.5) is 0 Å². The van der Waals surface area contributed by atoms with E-state index in [4.69, 9.17) is 11.6 Å². The van der Waals surface area contributed by atoms with Gasteiger partial charge in [-0.1, -0.05) is 11.6 Å². The van der Waals surface area contributed by atoms with Crippen molar-refractivity contribution in [3.8, 4) is 5.69 Å². The van der Waals surface area contributed by atoms with Gasteiger partial charge >= 0.3 is 5.97 Å². The summed E-state index contributed by atoms with van der Waals surface area (Å²) in [7, 11) is 0. The third kappa shape index (κ3) is 2.34. The standard InChI is InChI=1S/C16H18ClNO2/c1-10-9-14(16(3,4)15(19)20)11(2)18(10)13-7-5-12(17)6-8-13/h5-9H,1-4H3,(H,19,20). The van der Waals surface area contributed by atoms with Crippen molar-refractivity contribution in [1.29, 1.82) is 0 Å². The maximum Gasteiger partial charge on any atom is 0.313 e. The number of benzene rings is 1. The van der Waals surface area contributed by atoms with E-state index in [2.05, 4.69) is 4.57 Å². The van der Waals surface area contributed by atoms with Crippen molar-refractivity contribution in [2.45, 2.75) is 33.1 Å². The van der Waals surface area contributed by atoms with Crippen molar-refractivity contribution in [2.24, 2.45) is 0 Å². The molecule has 0 radical (unpaired) electrons. The molecule has 20 heavy (non-hydrogen) atoms. The van der Waals surface area contributed by atoms with Crippen LogP contribution in [0.1, 0.15) is 30.8 Å². The number of halogens is 1. The van der Waals surface area contributed by atoms with Crippen LogP contribution in [0.15, 0.2) is 30.3 Å². The Labute approximate surface area is 123 Å². The van der Waals surface area contributed by atoms with Gasteiger partial charge in [0.05, 0.1) is 5.41 Å². The van der Waals surface area contributed by atoms with Gasteiger partial charge in [0.1, 0.15) is 0 Å². The van der Waals surface area contributed by atoms with Gasteiger partial charge in [-0.25, -0.2) is 0 Å². The molecule has 0 bridgehead atoms. The summed E-state index contributed by atoms with van der Waals surface area (Å²) in [6.07, 6.45) is 0. The zero-order valence-electron chi connectivity index (χ0n) is 12.1. The molecule has 0 spiro atoms. The molecule has 0 aliphatic rings. The molecule has 0 saturated carbocycles. The molecule has 106 valence electrons. The second-order valence-corrected chi connectivity index (χ2v) is 5.96. The molecule has 0 aliphatic heterocycles. The highest BCUT2D eigenvalue weighted by Gasteiger charge is 2.33. The lowest BCUT2D eigenvalue weighted by Crippen LogP contribution is -2.29. The van der Waals surface area contributed by atoms with Crippen LogP contribution in [0.25, 0.3) is 5.69 Å². The highest BCUT2D eigenvalue weighted by atomic mass is 35.5. The van der Waals surface area contributed by atoms with E-state index in [1.807, 2.05) is 44.2 Å². The monoisotopic (exact) mass is 291 g/mol. The molecule has 1 N–H and O–H groups in total. The van der Waals surface area contributed by atoms with Gasteiger partial charge in [0.25, 0.3) is 0 Å². The zero-order valence-corrected chi connectivity index (χ0v) is 12.8. The molecule has 1 aromatic heterocycles. The number of carboxylic acid groups (broad SMARTS) is 1. The first-order chi connectivity index (χ1) is 9.25. The molecule has 2 rings (SSSR count). The molecule has 1 heterocycles. The van der Waals surface area contributed by atoms with E-state index < -0.39 is 11.4 Å². The zero-order chi connectivity index (χ0) is 15.1. The highest BCUT2D eigenvalue weighted by molar-refractivity contribution is 6.30. The number of carbonyl (C=O) groups is 1. The summed E-state index contributed by atoms with van der Waals surface area (Å²) in [5, 5.41) is 10.1. The van der Waals surface area contributed by atoms with Gasteiger partial charge in [-0.15, -0.1) is 0 Å². The van der Waals surface area contributed by atoms with Crippen LogP contribution in [-0.2, 0) is 10.2 Å². The summed E-state index contributed by atoms with van der Waals surface area (Å²) in [4.78, 5) is 11.4. The van der Waals surface area contributed by atoms with Crippen LogP contribution in [0.2, 0.25) is 5.02 Å². The third-order valence-electron chi connectivity index (χ3n) is 3.72. The maximum atomic E-state index is 11.4. The molecule has 1 aromatic carbocycles. The van der Waals surface area contributed by atoms with E-state index in [1.165, 1.54) is 0 Å². The van der Waals surface area contributed by atoms with E-state index in [-0.39, 0.29) is 0 Å². The fraction of sp³-hybridized carbons (Fsp3) is 0.312. The maximum absolute atomic E-state index is 11.4. The summed E-state index contributed by atoms with van der Waals surface area (Å²) < 4.78 is 2.05. The van der Waals surface area contributed by atoms with Crippen molar-refractivity contribution in [2.75, 3.05) is 0 Å². The molecule has 2 aromatic rings. The third-order valence-corrected chi connectivity index (χ3v) is 3.98. The first kappa shape index (κ1) is 14.7. The molecule has 0 fully saturated rings. The first-order valence-corrected chi connectivity index (χ1v) is 6.81. The van der Waals surface area contributed by atoms with Gasteiger partial charge in [0, 0.05) is 22.1 Å². The van der Waals surface area contributed by atoms with Gasteiger partial charge in [-0.05, 0) is 63.6 Å². The lowest BCUT2D eigenvalue weighted by atomic mass is 9.85. The number of nitrogens with zero attached hydrogens (tertiary/aromatic N) is 1. The topological polar surface area (TPSA) is 42.2 Å². The predicted molar refractivity (Wildman–Crippen MR) is 80.9 cm³/mol. The summed E-state index contributed by atoms with van der Waals surface area (Å²) in [5.41, 5.74) is 2.85. The lowest BCUT2D eigenvalue weighted by molar-refractivity contribution is -0.142. The highest BCUT2D eigenvalue weighted by Crippen LogP contribution is 2.31. The van der Waals surface area contributed by atoms with Gasteiger partial charge < -0.3 is 9.67 Å². The minimum atomic E-state index is -0.910. The van der Waals surface area contributed by atoms with Crippen LogP contribution in [-0.4, -0.2) is 15.6 Å². The van der Waals surface area contributed by atoms with Crippen molar-refractivity contribution in [3.05, 3.63) is 52.3 Å². The van der Waals surface area contributed by atoms with Crippen LogP contribution >= 0.6 is 11.6 Å². The molecule has 0 unspecified atom stereocenters. The normalized spacial score (nSPS) is 11.7. The minimum Gasteiger partial charge on any atom is -0.481 e. The number of aromatic nitrogens is 1. The lowest BCUT2D eigenvalue weighted by Gasteiger charge is -2.20. The van der Waals surface area contributed by atoms with E-state index in [0.717, 1.165) is 22.6 Å². The fourth-order valence-electron chi connectivity index (χ4n) is 2.50. The van der Waals surface area contributed by atoms with Crippen LogP contribution in [0.3, 0.4) is 0 Å². The molecule has 0 aliphatic carbocycles. The molecule has 0 saturated heterocycles. The Balaban J connectivity index is 2.60. The summed E-state index contributed by atoms with van der Waals surface area (Å²) >= 11 is 5.91. The van der Waals surface area contributed by atoms with Gasteiger partial charge in [0.15, 0.2) is 0 Å². The number of hydrogen-bond donors (Lipinski definition) is 1. The van der Waals surface area contributed by atoms with Crippen molar-refractivity contribution in [1.82, 2.24) is 4.57 Å². The molecule has 4 heteroatoms. The number of aryl methyl sites for hydroxylation is 1. The summed E-state index contributed by atoms with van der Waals surface area (Å²) in [6.45, 7) is 7.37. The van der Waals surface area contributed by atoms with Crippen LogP contribution in [0, 0.1) is 13.8 Å². The molecule has 3 nitrogen and oxygen atoms in total. The number of hydrogen-bond acceptors (Lipinski definition) is 1. The Morgan fingerprint density at radius 3 is 2.25 bits per heavy atom. The average Bonchev–Trinajstić information content (AvgIpc) is 2.67. The molecule has 0 atom stereocenters. The van der Waals surface area contributed by atoms with Gasteiger partial charge in [-0.2, -0.15) is 0 Å². The SMILES string of the molecule is Cc1cc(C(C)(C)C(=O)O)c(C)n1-c1ccc(Cl)cc1. The second kappa shape index (κ2) is 4.98. The van der Waals surface area contributed by atoms with Gasteiger partial charge in [-0.3, -0.25) is 4.79 Å². The Bertz CT molecular complexity index is 654. The van der Waals surface area contributed by atoms with Crippen molar-refractivity contribution in [3.63, 3.8) is 0 Å². The van der Waals surface area contributed by atoms with Gasteiger partial charge in [0.2, 0.25) is 0 Å². The smallest absolute Gasteiger partial charge is 0.313 e. The first-order valence-electron chi connectivity index (χ1n) is 6.44. The number of carboxylic acids is 1. The molecular weight excluding hydrogens is 274 g/mol. The Kier molecular flexibility index (Phi) is 3.65.